The lowest BCUT2D eigenvalue weighted by Crippen LogP contribution is -2.26. The summed E-state index contributed by atoms with van der Waals surface area (Å²) in [6.07, 6.45) is 6.54. The number of nitrogens with one attached hydrogen (secondary N) is 1. The molecule has 0 aliphatic carbocycles. The maximum atomic E-state index is 13.7. The fraction of sp³-hybridized carbons (Fsp3) is 0.359. The number of rotatable bonds is 16. The predicted molar refractivity (Wildman–Crippen MR) is 206 cm³/mol. The molecule has 1 aliphatic heterocycles. The molecular formula is C39H44N8O6S. The molecule has 0 spiro atoms. The van der Waals surface area contributed by atoms with Gasteiger partial charge in [0.2, 0.25) is 0 Å². The lowest BCUT2D eigenvalue weighted by Gasteiger charge is -2.25. The third-order valence-corrected chi connectivity index (χ3v) is 10.4. The van der Waals surface area contributed by atoms with Crippen LogP contribution in [0.2, 0.25) is 0 Å². The first-order chi connectivity index (χ1) is 26.4. The summed E-state index contributed by atoms with van der Waals surface area (Å²) in [5, 5.41) is 0. The molecule has 0 amide bonds. The fourth-order valence-electron chi connectivity index (χ4n) is 6.43. The minimum Gasteiger partial charge on any atom is -0.497 e. The Labute approximate surface area is 316 Å². The zero-order chi connectivity index (χ0) is 37.4. The van der Waals surface area contributed by atoms with Crippen LogP contribution in [-0.4, -0.2) is 80.1 Å². The zero-order valence-corrected chi connectivity index (χ0v) is 31.5. The van der Waals surface area contributed by atoms with Gasteiger partial charge in [0.15, 0.2) is 11.5 Å². The highest BCUT2D eigenvalue weighted by molar-refractivity contribution is 7.11. The highest BCUT2D eigenvalue weighted by Gasteiger charge is 2.27. The second kappa shape index (κ2) is 17.0. The topological polar surface area (TPSA) is 142 Å². The highest BCUT2D eigenvalue weighted by atomic mass is 32.1. The number of carbonyl (C=O) groups is 1. The van der Waals surface area contributed by atoms with Gasteiger partial charge in [0.05, 0.1) is 27.4 Å². The molecule has 1 unspecified atom stereocenters. The van der Waals surface area contributed by atoms with E-state index in [1.54, 1.807) is 42.5 Å². The van der Waals surface area contributed by atoms with Crippen LogP contribution in [0.25, 0.3) is 11.2 Å². The van der Waals surface area contributed by atoms with Crippen molar-refractivity contribution in [3.05, 3.63) is 111 Å². The molecule has 0 bridgehead atoms. The number of unbranched alkanes of at least 4 members (excludes halogenated alkanes) is 1. The molecule has 2 aromatic carbocycles. The molecule has 282 valence electrons. The van der Waals surface area contributed by atoms with E-state index < -0.39 is 6.09 Å². The maximum Gasteiger partial charge on any atom is 0.419 e. The Bertz CT molecular complexity index is 2150. The van der Waals surface area contributed by atoms with Crippen molar-refractivity contribution in [2.75, 3.05) is 38.8 Å². The van der Waals surface area contributed by atoms with E-state index in [2.05, 4.69) is 38.8 Å². The average Bonchev–Trinajstić information content (AvgIpc) is 4.02. The van der Waals surface area contributed by atoms with E-state index in [4.69, 9.17) is 28.9 Å². The van der Waals surface area contributed by atoms with E-state index in [0.29, 0.717) is 49.8 Å². The lowest BCUT2D eigenvalue weighted by molar-refractivity contribution is 0.101. The number of benzene rings is 2. The molecule has 1 fully saturated rings. The van der Waals surface area contributed by atoms with Crippen molar-refractivity contribution < 1.29 is 23.7 Å². The largest absolute Gasteiger partial charge is 0.497 e. The number of likely N-dealkylation sites (tertiary alicyclic amines) is 1. The molecule has 1 N–H and O–H groups in total. The van der Waals surface area contributed by atoms with Crippen LogP contribution < -0.4 is 24.8 Å². The summed E-state index contributed by atoms with van der Waals surface area (Å²) in [5.74, 6) is 2.11. The van der Waals surface area contributed by atoms with Gasteiger partial charge in [-0.3, -0.25) is 9.47 Å². The summed E-state index contributed by atoms with van der Waals surface area (Å²) in [4.78, 5) is 49.4. The van der Waals surface area contributed by atoms with Crippen molar-refractivity contribution in [1.29, 1.82) is 0 Å². The van der Waals surface area contributed by atoms with Crippen molar-refractivity contribution >= 4 is 34.4 Å². The van der Waals surface area contributed by atoms with Gasteiger partial charge in [-0.15, -0.1) is 11.3 Å². The summed E-state index contributed by atoms with van der Waals surface area (Å²) in [6, 6.07) is 20.2. The van der Waals surface area contributed by atoms with Crippen LogP contribution in [-0.2, 0) is 30.9 Å². The van der Waals surface area contributed by atoms with Crippen LogP contribution in [0, 0.1) is 0 Å². The lowest BCUT2D eigenvalue weighted by atomic mass is 10.1. The third kappa shape index (κ3) is 8.75. The first kappa shape index (κ1) is 36.7. The summed E-state index contributed by atoms with van der Waals surface area (Å²) in [7, 11) is 3.30. The normalized spacial score (nSPS) is 14.4. The molecule has 6 aromatic rings. The predicted octanol–water partition coefficient (Wildman–Crippen LogP) is 6.09. The molecule has 15 heteroatoms. The number of nitrogens with zero attached hydrogens (tertiary/aromatic N) is 7. The van der Waals surface area contributed by atoms with Gasteiger partial charge in [0.1, 0.15) is 29.4 Å². The third-order valence-electron chi connectivity index (χ3n) is 9.30. The summed E-state index contributed by atoms with van der Waals surface area (Å²) >= 11 is 1.65. The number of aromatic nitrogens is 6. The Hall–Kier alpha value is -5.67. The van der Waals surface area contributed by atoms with Crippen molar-refractivity contribution in [2.24, 2.45) is 0 Å². The van der Waals surface area contributed by atoms with E-state index in [0.717, 1.165) is 64.7 Å². The van der Waals surface area contributed by atoms with E-state index >= 15 is 0 Å². The minimum atomic E-state index is -0.419. The van der Waals surface area contributed by atoms with Crippen LogP contribution in [0.4, 0.5) is 10.6 Å². The molecule has 14 nitrogen and oxygen atoms in total. The van der Waals surface area contributed by atoms with Crippen molar-refractivity contribution in [2.45, 2.75) is 58.5 Å². The number of thiophene rings is 1. The quantitative estimate of drug-likeness (QED) is 0.115. The number of ether oxygens (including phenoxy) is 4. The number of fused-ring (bicyclic) bond motifs is 1. The molecule has 4 aromatic heterocycles. The number of aromatic amines is 1. The number of anilines is 1. The first-order valence-electron chi connectivity index (χ1n) is 18.0. The first-order valence-corrected chi connectivity index (χ1v) is 18.8. The Balaban J connectivity index is 1.15. The fourth-order valence-corrected chi connectivity index (χ4v) is 7.48. The van der Waals surface area contributed by atoms with E-state index in [9.17, 15) is 9.59 Å². The van der Waals surface area contributed by atoms with E-state index in [1.165, 1.54) is 10.9 Å². The van der Waals surface area contributed by atoms with Crippen LogP contribution >= 0.6 is 11.3 Å². The number of H-pyrrole nitrogens is 1. The number of carbonyl (C=O) groups excluding carboxylic acids is 1. The van der Waals surface area contributed by atoms with Gasteiger partial charge in [-0.2, -0.15) is 9.97 Å². The number of hydrogen-bond donors (Lipinski definition) is 1. The van der Waals surface area contributed by atoms with Gasteiger partial charge in [-0.25, -0.2) is 19.1 Å². The molecule has 5 heterocycles. The SMILES string of the molecule is CCCCOc1nc(N(Cc2ccc(OC)cc2)Cc2ccc(OC)cc2)c2[nH]c(=O)n(Cc3ccc(CN4CCC(OC(=O)n5ccnc5)C4)s3)c2n1. The zero-order valence-electron chi connectivity index (χ0n) is 30.6. The molecule has 1 aliphatic rings. The molecular weight excluding hydrogens is 709 g/mol. The van der Waals surface area contributed by atoms with Gasteiger partial charge in [0.25, 0.3) is 0 Å². The second-order valence-electron chi connectivity index (χ2n) is 13.2. The number of hydrogen-bond acceptors (Lipinski definition) is 12. The summed E-state index contributed by atoms with van der Waals surface area (Å²) < 4.78 is 25.6. The Kier molecular flexibility index (Phi) is 11.5. The Morgan fingerprint density at radius 1 is 0.944 bits per heavy atom. The smallest absolute Gasteiger partial charge is 0.419 e. The van der Waals surface area contributed by atoms with E-state index in [-0.39, 0.29) is 17.8 Å². The monoisotopic (exact) mass is 752 g/mol. The number of methoxy groups -OCH3 is 2. The summed E-state index contributed by atoms with van der Waals surface area (Å²) in [6.45, 7) is 6.08. The van der Waals surface area contributed by atoms with E-state index in [1.807, 2.05) is 48.5 Å². The molecule has 1 saturated heterocycles. The van der Waals surface area contributed by atoms with Crippen molar-refractivity contribution in [3.8, 4) is 17.5 Å². The van der Waals surface area contributed by atoms with Gasteiger partial charge in [-0.05, 0) is 60.4 Å². The van der Waals surface area contributed by atoms with Gasteiger partial charge in [0, 0.05) is 54.9 Å². The van der Waals surface area contributed by atoms with Gasteiger partial charge in [-0.1, -0.05) is 37.6 Å². The number of imidazole rings is 2. The standard InChI is InChI=1S/C39H44N8O6S/c1-4-5-20-52-37-42-35(46(21-27-6-10-29(50-2)11-7-27)22-28-8-12-30(51-3)13-9-28)34-36(43-37)47(38(48)41-34)25-33-15-14-32(54-33)24-44-18-16-31(23-44)53-39(49)45-19-17-40-26-45/h6-15,17,19,26,31H,4-5,16,18,20-25H2,1-3H3,(H,41,48). The van der Waals surface area contributed by atoms with Crippen LogP contribution in [0.15, 0.2) is 84.2 Å². The Morgan fingerprint density at radius 2 is 1.63 bits per heavy atom. The van der Waals surface area contributed by atoms with Gasteiger partial charge >= 0.3 is 17.8 Å². The average molecular weight is 753 g/mol. The molecule has 0 saturated carbocycles. The van der Waals surface area contributed by atoms with Gasteiger partial charge < -0.3 is 28.8 Å². The molecule has 0 radical (unpaired) electrons. The van der Waals surface area contributed by atoms with Crippen molar-refractivity contribution in [3.63, 3.8) is 0 Å². The molecule has 54 heavy (non-hydrogen) atoms. The van der Waals surface area contributed by atoms with Crippen LogP contribution in [0.5, 0.6) is 17.5 Å². The maximum absolute atomic E-state index is 13.7. The van der Waals surface area contributed by atoms with Crippen LogP contribution in [0.1, 0.15) is 47.1 Å². The molecule has 7 rings (SSSR count). The second-order valence-corrected chi connectivity index (χ2v) is 14.4. The Morgan fingerprint density at radius 3 is 2.26 bits per heavy atom. The highest BCUT2D eigenvalue weighted by Crippen LogP contribution is 2.30. The molecule has 1 atom stereocenters. The van der Waals surface area contributed by atoms with Crippen LogP contribution in [0.3, 0.4) is 0 Å². The minimum absolute atomic E-state index is 0.180. The van der Waals surface area contributed by atoms with Crippen molar-refractivity contribution in [1.82, 2.24) is 34.0 Å². The summed E-state index contributed by atoms with van der Waals surface area (Å²) in [5.41, 5.74) is 2.81.